The minimum atomic E-state index is 0.0770. The first-order chi connectivity index (χ1) is 9.02. The summed E-state index contributed by atoms with van der Waals surface area (Å²) < 4.78 is 6.34. The number of rotatable bonds is 2. The Morgan fingerprint density at radius 2 is 1.74 bits per heavy atom. The molecule has 0 saturated heterocycles. The molecule has 0 radical (unpaired) electrons. The van der Waals surface area contributed by atoms with E-state index < -0.39 is 0 Å². The summed E-state index contributed by atoms with van der Waals surface area (Å²) in [6.07, 6.45) is 7.29. The average Bonchev–Trinajstić information content (AvgIpc) is 2.62. The summed E-state index contributed by atoms with van der Waals surface area (Å²) in [5, 5.41) is 0. The molecule has 1 heterocycles. The first-order valence-corrected chi connectivity index (χ1v) is 7.84. The van der Waals surface area contributed by atoms with Crippen LogP contribution < -0.4 is 0 Å². The molecule has 2 rings (SSSR count). The summed E-state index contributed by atoms with van der Waals surface area (Å²) >= 11 is 3.47. The van der Waals surface area contributed by atoms with Gasteiger partial charge in [-0.05, 0) is 42.6 Å². The average molecular weight is 328 g/mol. The third-order valence-electron chi connectivity index (χ3n) is 4.09. The maximum atomic E-state index is 12.6. The van der Waals surface area contributed by atoms with Crippen LogP contribution in [-0.2, 0) is 0 Å². The van der Waals surface area contributed by atoms with Crippen molar-refractivity contribution in [2.75, 3.05) is 7.05 Å². The highest BCUT2D eigenvalue weighted by Gasteiger charge is 2.27. The lowest BCUT2D eigenvalue weighted by Crippen LogP contribution is -2.37. The molecule has 106 valence electrons. The van der Waals surface area contributed by atoms with Gasteiger partial charge in [0.15, 0.2) is 0 Å². The van der Waals surface area contributed by atoms with Gasteiger partial charge in [0.25, 0.3) is 5.91 Å². The van der Waals surface area contributed by atoms with Crippen molar-refractivity contribution in [3.8, 4) is 0 Å². The predicted octanol–water partition coefficient (Wildman–Crippen LogP) is 4.45. The number of hydrogen-bond acceptors (Lipinski definition) is 2. The van der Waals surface area contributed by atoms with Crippen molar-refractivity contribution in [1.29, 1.82) is 0 Å². The number of carbonyl (C=O) groups excluding carboxylic acids is 1. The summed E-state index contributed by atoms with van der Waals surface area (Å²) in [4.78, 5) is 14.6. The Hall–Kier alpha value is -0.770. The van der Waals surface area contributed by atoms with Crippen LogP contribution in [0.25, 0.3) is 0 Å². The lowest BCUT2D eigenvalue weighted by molar-refractivity contribution is 0.0715. The minimum Gasteiger partial charge on any atom is -0.465 e. The quantitative estimate of drug-likeness (QED) is 0.751. The van der Waals surface area contributed by atoms with Gasteiger partial charge in [-0.2, -0.15) is 0 Å². The van der Waals surface area contributed by atoms with Crippen molar-refractivity contribution in [2.45, 2.75) is 58.4 Å². The SMILES string of the molecule is Cc1oc(C)c(C(=O)N(C)C2CCCCCC2)c1Br. The first kappa shape index (κ1) is 14.6. The van der Waals surface area contributed by atoms with E-state index in [4.69, 9.17) is 4.42 Å². The van der Waals surface area contributed by atoms with Gasteiger partial charge in [0.2, 0.25) is 0 Å². The third kappa shape index (κ3) is 3.04. The van der Waals surface area contributed by atoms with Gasteiger partial charge in [0.05, 0.1) is 10.0 Å². The zero-order chi connectivity index (χ0) is 14.0. The van der Waals surface area contributed by atoms with Crippen LogP contribution in [0.5, 0.6) is 0 Å². The molecule has 0 aromatic carbocycles. The van der Waals surface area contributed by atoms with Gasteiger partial charge in [-0.15, -0.1) is 0 Å². The molecule has 0 spiro atoms. The van der Waals surface area contributed by atoms with Crippen LogP contribution in [-0.4, -0.2) is 23.9 Å². The number of aryl methyl sites for hydroxylation is 2. The molecular weight excluding hydrogens is 306 g/mol. The molecule has 3 nitrogen and oxygen atoms in total. The van der Waals surface area contributed by atoms with Crippen LogP contribution in [0.2, 0.25) is 0 Å². The molecule has 1 aliphatic rings. The predicted molar refractivity (Wildman–Crippen MR) is 79.5 cm³/mol. The van der Waals surface area contributed by atoms with Crippen molar-refractivity contribution in [3.05, 3.63) is 21.6 Å². The topological polar surface area (TPSA) is 33.5 Å². The molecule has 1 aromatic rings. The van der Waals surface area contributed by atoms with Gasteiger partial charge in [-0.3, -0.25) is 4.79 Å². The lowest BCUT2D eigenvalue weighted by atomic mass is 10.1. The monoisotopic (exact) mass is 327 g/mol. The highest BCUT2D eigenvalue weighted by Crippen LogP contribution is 2.30. The van der Waals surface area contributed by atoms with Gasteiger partial charge < -0.3 is 9.32 Å². The summed E-state index contributed by atoms with van der Waals surface area (Å²) in [5.41, 5.74) is 0.684. The normalized spacial score (nSPS) is 17.3. The van der Waals surface area contributed by atoms with E-state index in [2.05, 4.69) is 15.9 Å². The van der Waals surface area contributed by atoms with Crippen molar-refractivity contribution >= 4 is 21.8 Å². The van der Waals surface area contributed by atoms with Crippen LogP contribution in [0.4, 0.5) is 0 Å². The zero-order valence-electron chi connectivity index (χ0n) is 12.0. The van der Waals surface area contributed by atoms with E-state index in [0.29, 0.717) is 17.4 Å². The fourth-order valence-electron chi connectivity index (χ4n) is 2.89. The molecule has 0 aliphatic heterocycles. The third-order valence-corrected chi connectivity index (χ3v) is 5.05. The molecule has 4 heteroatoms. The van der Waals surface area contributed by atoms with E-state index in [1.165, 1.54) is 25.7 Å². The Morgan fingerprint density at radius 3 is 2.21 bits per heavy atom. The molecule has 0 unspecified atom stereocenters. The molecule has 0 N–H and O–H groups in total. The van der Waals surface area contributed by atoms with Crippen molar-refractivity contribution in [1.82, 2.24) is 4.90 Å². The Balaban J connectivity index is 2.18. The van der Waals surface area contributed by atoms with Crippen molar-refractivity contribution in [3.63, 3.8) is 0 Å². The van der Waals surface area contributed by atoms with Gasteiger partial charge in [0.1, 0.15) is 11.5 Å². The number of carbonyl (C=O) groups is 1. The molecule has 19 heavy (non-hydrogen) atoms. The molecule has 0 atom stereocenters. The number of amides is 1. The Kier molecular flexibility index (Phi) is 4.71. The maximum Gasteiger partial charge on any atom is 0.258 e. The van der Waals surface area contributed by atoms with E-state index in [1.807, 2.05) is 25.8 Å². The fourth-order valence-corrected chi connectivity index (χ4v) is 3.42. The maximum absolute atomic E-state index is 12.6. The van der Waals surface area contributed by atoms with Gasteiger partial charge in [-0.25, -0.2) is 0 Å². The molecule has 1 saturated carbocycles. The van der Waals surface area contributed by atoms with E-state index in [-0.39, 0.29) is 5.91 Å². The standard InChI is InChI=1S/C15H22BrNO2/c1-10-13(14(16)11(2)19-10)15(18)17(3)12-8-6-4-5-7-9-12/h12H,4-9H2,1-3H3. The largest absolute Gasteiger partial charge is 0.465 e. The number of hydrogen-bond donors (Lipinski definition) is 0. The van der Waals surface area contributed by atoms with Crippen molar-refractivity contribution < 1.29 is 9.21 Å². The summed E-state index contributed by atoms with van der Waals surface area (Å²) in [6, 6.07) is 0.372. The summed E-state index contributed by atoms with van der Waals surface area (Å²) in [5.74, 6) is 1.55. The Labute approximate surface area is 123 Å². The van der Waals surface area contributed by atoms with E-state index in [1.54, 1.807) is 0 Å². The molecule has 0 bridgehead atoms. The van der Waals surface area contributed by atoms with Gasteiger partial charge >= 0.3 is 0 Å². The second-order valence-corrected chi connectivity index (χ2v) is 6.26. The molecule has 1 aliphatic carbocycles. The van der Waals surface area contributed by atoms with Gasteiger partial charge in [-0.1, -0.05) is 25.7 Å². The summed E-state index contributed by atoms with van der Waals surface area (Å²) in [6.45, 7) is 3.73. The van der Waals surface area contributed by atoms with E-state index in [0.717, 1.165) is 23.1 Å². The first-order valence-electron chi connectivity index (χ1n) is 7.05. The molecule has 1 fully saturated rings. The van der Waals surface area contributed by atoms with Crippen LogP contribution in [0.3, 0.4) is 0 Å². The minimum absolute atomic E-state index is 0.0770. The molecule has 1 aromatic heterocycles. The molecule has 1 amide bonds. The molecular formula is C15H22BrNO2. The van der Waals surface area contributed by atoms with Crippen LogP contribution >= 0.6 is 15.9 Å². The van der Waals surface area contributed by atoms with Crippen molar-refractivity contribution in [2.24, 2.45) is 0 Å². The highest BCUT2D eigenvalue weighted by molar-refractivity contribution is 9.10. The van der Waals surface area contributed by atoms with Crippen LogP contribution in [0.1, 0.15) is 60.4 Å². The van der Waals surface area contributed by atoms with Crippen LogP contribution in [0, 0.1) is 13.8 Å². The second kappa shape index (κ2) is 6.12. The summed E-state index contributed by atoms with van der Waals surface area (Å²) in [7, 11) is 1.92. The number of furan rings is 1. The Morgan fingerprint density at radius 1 is 1.16 bits per heavy atom. The van der Waals surface area contributed by atoms with Gasteiger partial charge in [0, 0.05) is 13.1 Å². The lowest BCUT2D eigenvalue weighted by Gasteiger charge is -2.27. The fraction of sp³-hybridized carbons (Fsp3) is 0.667. The number of nitrogens with zero attached hydrogens (tertiary/aromatic N) is 1. The second-order valence-electron chi connectivity index (χ2n) is 5.46. The zero-order valence-corrected chi connectivity index (χ0v) is 13.5. The highest BCUT2D eigenvalue weighted by atomic mass is 79.9. The Bertz CT molecular complexity index is 459. The van der Waals surface area contributed by atoms with E-state index in [9.17, 15) is 4.79 Å². The smallest absolute Gasteiger partial charge is 0.258 e. The van der Waals surface area contributed by atoms with E-state index >= 15 is 0 Å². The van der Waals surface area contributed by atoms with Crippen LogP contribution in [0.15, 0.2) is 8.89 Å². The number of halogens is 1.